The third kappa shape index (κ3) is 4.57. The maximum Gasteiger partial charge on any atom is 0.253 e. The number of carbonyl (C=O) groups excluding carboxylic acids is 1. The van der Waals surface area contributed by atoms with Crippen molar-refractivity contribution in [1.29, 1.82) is 0 Å². The summed E-state index contributed by atoms with van der Waals surface area (Å²) in [6.07, 6.45) is 0. The van der Waals surface area contributed by atoms with Crippen LogP contribution in [0.1, 0.15) is 15.9 Å². The summed E-state index contributed by atoms with van der Waals surface area (Å²) in [7, 11) is -3.92. The summed E-state index contributed by atoms with van der Waals surface area (Å²) in [6.45, 7) is 3.70. The van der Waals surface area contributed by atoms with Crippen molar-refractivity contribution in [2.24, 2.45) is 0 Å². The van der Waals surface area contributed by atoms with Crippen molar-refractivity contribution in [3.8, 4) is 11.5 Å². The minimum Gasteiger partial charge on any atom is -0.419 e. The average molecular weight is 488 g/mol. The van der Waals surface area contributed by atoms with Crippen molar-refractivity contribution in [3.05, 3.63) is 96.1 Å². The number of carbonyl (C=O) groups is 1. The molecule has 7 nitrogen and oxygen atoms in total. The molecule has 0 atom stereocenters. The molecule has 2 heterocycles. The first kappa shape index (κ1) is 22.9. The quantitative estimate of drug-likeness (QED) is 0.414. The van der Waals surface area contributed by atoms with Crippen LogP contribution in [0.15, 0.2) is 99.3 Å². The molecular formula is C27H25N3O4S. The number of sulfone groups is 1. The van der Waals surface area contributed by atoms with Crippen molar-refractivity contribution in [3.63, 3.8) is 0 Å². The SMILES string of the molecule is Cc1cccc(-c2nc(S(=O)(=O)c3ccccc3)c(N3CCN(C(=O)c4ccccc4)CC3)o2)c1. The third-order valence-corrected chi connectivity index (χ3v) is 7.70. The molecule has 1 aliphatic heterocycles. The smallest absolute Gasteiger partial charge is 0.253 e. The maximum absolute atomic E-state index is 13.6. The number of aromatic nitrogens is 1. The van der Waals surface area contributed by atoms with Crippen LogP contribution in [0.2, 0.25) is 0 Å². The van der Waals surface area contributed by atoms with Gasteiger partial charge in [0.05, 0.1) is 4.90 Å². The summed E-state index contributed by atoms with van der Waals surface area (Å²) in [5.74, 6) is 0.415. The lowest BCUT2D eigenvalue weighted by atomic mass is 10.1. The van der Waals surface area contributed by atoms with Gasteiger partial charge in [0, 0.05) is 37.3 Å². The topological polar surface area (TPSA) is 83.7 Å². The van der Waals surface area contributed by atoms with E-state index in [0.29, 0.717) is 37.3 Å². The lowest BCUT2D eigenvalue weighted by Gasteiger charge is -2.34. The zero-order chi connectivity index (χ0) is 24.4. The Labute approximate surface area is 204 Å². The highest BCUT2D eigenvalue weighted by Gasteiger charge is 2.33. The monoisotopic (exact) mass is 487 g/mol. The van der Waals surface area contributed by atoms with E-state index in [-0.39, 0.29) is 27.6 Å². The summed E-state index contributed by atoms with van der Waals surface area (Å²) >= 11 is 0. The van der Waals surface area contributed by atoms with Crippen LogP contribution in [0.5, 0.6) is 0 Å². The lowest BCUT2D eigenvalue weighted by Crippen LogP contribution is -2.49. The molecule has 178 valence electrons. The fourth-order valence-electron chi connectivity index (χ4n) is 4.16. The third-order valence-electron chi connectivity index (χ3n) is 6.03. The Balaban J connectivity index is 1.48. The van der Waals surface area contributed by atoms with Crippen LogP contribution < -0.4 is 4.90 Å². The van der Waals surface area contributed by atoms with Gasteiger partial charge in [-0.2, -0.15) is 4.98 Å². The first-order valence-electron chi connectivity index (χ1n) is 11.4. The molecular weight excluding hydrogens is 462 g/mol. The predicted molar refractivity (Wildman–Crippen MR) is 133 cm³/mol. The molecule has 1 aromatic heterocycles. The number of hydrogen-bond donors (Lipinski definition) is 0. The zero-order valence-electron chi connectivity index (χ0n) is 19.3. The van der Waals surface area contributed by atoms with Crippen LogP contribution in [0.25, 0.3) is 11.5 Å². The van der Waals surface area contributed by atoms with Gasteiger partial charge in [-0.3, -0.25) is 4.79 Å². The van der Waals surface area contributed by atoms with Crippen molar-refractivity contribution in [2.75, 3.05) is 31.1 Å². The van der Waals surface area contributed by atoms with E-state index >= 15 is 0 Å². The van der Waals surface area contributed by atoms with Gasteiger partial charge in [-0.15, -0.1) is 0 Å². The molecule has 1 fully saturated rings. The molecule has 3 aromatic carbocycles. The fourth-order valence-corrected chi connectivity index (χ4v) is 5.50. The second kappa shape index (κ2) is 9.38. The van der Waals surface area contributed by atoms with E-state index in [4.69, 9.17) is 4.42 Å². The zero-order valence-corrected chi connectivity index (χ0v) is 20.1. The van der Waals surface area contributed by atoms with Crippen LogP contribution >= 0.6 is 0 Å². The molecule has 0 spiro atoms. The summed E-state index contributed by atoms with van der Waals surface area (Å²) in [4.78, 5) is 21.1. The average Bonchev–Trinajstić information content (AvgIpc) is 3.36. The summed E-state index contributed by atoms with van der Waals surface area (Å²) in [5.41, 5.74) is 2.36. The molecule has 8 heteroatoms. The Morgan fingerprint density at radius 2 is 1.51 bits per heavy atom. The standard InChI is InChI=1S/C27H25N3O4S/c1-20-9-8-12-22(19-20)24-28-25(35(32,33)23-13-6-3-7-14-23)27(34-24)30-17-15-29(16-18-30)26(31)21-10-4-2-5-11-21/h2-14,19H,15-18H2,1H3. The minimum atomic E-state index is -3.92. The first-order chi connectivity index (χ1) is 16.9. The van der Waals surface area contributed by atoms with E-state index in [1.165, 1.54) is 0 Å². The lowest BCUT2D eigenvalue weighted by molar-refractivity contribution is 0.0745. The fraction of sp³-hybridized carbons (Fsp3) is 0.185. The number of hydrogen-bond acceptors (Lipinski definition) is 6. The summed E-state index contributed by atoms with van der Waals surface area (Å²) in [5, 5.41) is -0.108. The van der Waals surface area contributed by atoms with E-state index in [9.17, 15) is 13.2 Å². The molecule has 0 aliphatic carbocycles. The van der Waals surface area contributed by atoms with Gasteiger partial charge >= 0.3 is 0 Å². The molecule has 0 saturated carbocycles. The van der Waals surface area contributed by atoms with E-state index < -0.39 is 9.84 Å². The van der Waals surface area contributed by atoms with Gasteiger partial charge < -0.3 is 14.2 Å². The normalized spacial score (nSPS) is 14.2. The summed E-state index contributed by atoms with van der Waals surface area (Å²) < 4.78 is 33.2. The number of rotatable bonds is 5. The van der Waals surface area contributed by atoms with E-state index in [0.717, 1.165) is 5.56 Å². The molecule has 0 unspecified atom stereocenters. The van der Waals surface area contributed by atoms with E-state index in [1.807, 2.05) is 54.3 Å². The Bertz CT molecular complexity index is 1440. The number of amides is 1. The van der Waals surface area contributed by atoms with Gasteiger partial charge in [0.2, 0.25) is 26.6 Å². The number of nitrogens with zero attached hydrogens (tertiary/aromatic N) is 3. The van der Waals surface area contributed by atoms with Gasteiger partial charge in [0.25, 0.3) is 5.91 Å². The van der Waals surface area contributed by atoms with E-state index in [2.05, 4.69) is 4.98 Å². The highest BCUT2D eigenvalue weighted by molar-refractivity contribution is 7.91. The Morgan fingerprint density at radius 1 is 0.857 bits per heavy atom. The molecule has 0 radical (unpaired) electrons. The van der Waals surface area contributed by atoms with Crippen LogP contribution in [0, 0.1) is 6.92 Å². The number of oxazole rings is 1. The Kier molecular flexibility index (Phi) is 6.13. The molecule has 4 aromatic rings. The van der Waals surface area contributed by atoms with Gasteiger partial charge in [-0.1, -0.05) is 54.1 Å². The van der Waals surface area contributed by atoms with Crippen LogP contribution in [-0.2, 0) is 9.84 Å². The second-order valence-electron chi connectivity index (χ2n) is 8.46. The number of benzene rings is 3. The predicted octanol–water partition coefficient (Wildman–Crippen LogP) is 4.45. The van der Waals surface area contributed by atoms with Crippen molar-refractivity contribution >= 4 is 21.6 Å². The Hall–Kier alpha value is -3.91. The Morgan fingerprint density at radius 3 is 2.17 bits per heavy atom. The minimum absolute atomic E-state index is 0.0413. The highest BCUT2D eigenvalue weighted by Crippen LogP contribution is 2.35. The number of anilines is 1. The summed E-state index contributed by atoms with van der Waals surface area (Å²) in [6, 6.07) is 25.0. The maximum atomic E-state index is 13.6. The molecule has 35 heavy (non-hydrogen) atoms. The van der Waals surface area contributed by atoms with Gasteiger partial charge in [-0.25, -0.2) is 8.42 Å². The number of piperazine rings is 1. The highest BCUT2D eigenvalue weighted by atomic mass is 32.2. The van der Waals surface area contributed by atoms with Crippen molar-refractivity contribution < 1.29 is 17.6 Å². The molecule has 1 aliphatic rings. The molecule has 0 bridgehead atoms. The molecule has 1 amide bonds. The molecule has 0 N–H and O–H groups in total. The first-order valence-corrected chi connectivity index (χ1v) is 12.9. The van der Waals surface area contributed by atoms with Gasteiger partial charge in [0.15, 0.2) is 0 Å². The van der Waals surface area contributed by atoms with Crippen LogP contribution in [0.3, 0.4) is 0 Å². The van der Waals surface area contributed by atoms with Crippen molar-refractivity contribution in [2.45, 2.75) is 16.8 Å². The van der Waals surface area contributed by atoms with Crippen LogP contribution in [-0.4, -0.2) is 50.4 Å². The largest absolute Gasteiger partial charge is 0.419 e. The molecule has 1 saturated heterocycles. The molecule has 5 rings (SSSR count). The second-order valence-corrected chi connectivity index (χ2v) is 10.3. The van der Waals surface area contributed by atoms with Gasteiger partial charge in [-0.05, 0) is 43.3 Å². The number of aryl methyl sites for hydroxylation is 1. The van der Waals surface area contributed by atoms with Crippen molar-refractivity contribution in [1.82, 2.24) is 9.88 Å². The van der Waals surface area contributed by atoms with E-state index in [1.54, 1.807) is 47.4 Å². The van der Waals surface area contributed by atoms with Crippen LogP contribution in [0.4, 0.5) is 5.88 Å². The van der Waals surface area contributed by atoms with Gasteiger partial charge in [0.1, 0.15) is 0 Å².